The molecule has 0 N–H and O–H groups in total. The third-order valence-corrected chi connectivity index (χ3v) is 5.91. The lowest BCUT2D eigenvalue weighted by Gasteiger charge is -2.17. The predicted molar refractivity (Wildman–Crippen MR) is 107 cm³/mol. The van der Waals surface area contributed by atoms with Crippen molar-refractivity contribution in [1.29, 1.82) is 0 Å². The summed E-state index contributed by atoms with van der Waals surface area (Å²) in [5.74, 6) is 0.873. The number of thioether (sulfide) groups is 1. The molecule has 0 atom stereocenters. The minimum atomic E-state index is 0.0582. The highest BCUT2D eigenvalue weighted by Crippen LogP contribution is 2.22. The highest BCUT2D eigenvalue weighted by Gasteiger charge is 2.20. The second-order valence-corrected chi connectivity index (χ2v) is 8.16. The Labute approximate surface area is 169 Å². The number of ketones is 1. The van der Waals surface area contributed by atoms with Crippen molar-refractivity contribution >= 4 is 23.5 Å². The van der Waals surface area contributed by atoms with Gasteiger partial charge in [-0.15, -0.1) is 10.2 Å². The van der Waals surface area contributed by atoms with Crippen LogP contribution in [0, 0.1) is 13.8 Å². The summed E-state index contributed by atoms with van der Waals surface area (Å²) in [5.41, 5.74) is 2.87. The van der Waals surface area contributed by atoms with Crippen LogP contribution in [-0.2, 0) is 17.9 Å². The topological polar surface area (TPSA) is 81.2 Å². The van der Waals surface area contributed by atoms with Crippen molar-refractivity contribution in [2.45, 2.75) is 71.2 Å². The first-order chi connectivity index (χ1) is 13.5. The molecule has 0 aliphatic carbocycles. The minimum Gasteiger partial charge on any atom is -0.414 e. The molecule has 0 aromatic carbocycles. The summed E-state index contributed by atoms with van der Waals surface area (Å²) in [6.45, 7) is 8.14. The van der Waals surface area contributed by atoms with Crippen LogP contribution in [0.2, 0.25) is 0 Å². The lowest BCUT2D eigenvalue weighted by Crippen LogP contribution is -2.29. The van der Waals surface area contributed by atoms with Gasteiger partial charge in [-0.25, -0.2) is 0 Å². The van der Waals surface area contributed by atoms with Crippen LogP contribution in [0.5, 0.6) is 0 Å². The molecule has 7 nitrogen and oxygen atoms in total. The van der Waals surface area contributed by atoms with Gasteiger partial charge in [-0.3, -0.25) is 9.59 Å². The summed E-state index contributed by atoms with van der Waals surface area (Å²) in [5, 5.41) is 8.43. The largest absolute Gasteiger partial charge is 0.414 e. The van der Waals surface area contributed by atoms with Gasteiger partial charge in [0.05, 0.1) is 12.3 Å². The summed E-state index contributed by atoms with van der Waals surface area (Å²) in [7, 11) is 0. The van der Waals surface area contributed by atoms with E-state index in [4.69, 9.17) is 4.42 Å². The van der Waals surface area contributed by atoms with Crippen molar-refractivity contribution in [2.75, 3.05) is 12.3 Å². The molecule has 0 bridgehead atoms. The Bertz CT molecular complexity index is 843. The van der Waals surface area contributed by atoms with Crippen molar-refractivity contribution < 1.29 is 14.0 Å². The number of carbonyl (C=O) groups is 2. The average Bonchev–Trinajstić information content (AvgIpc) is 3.17. The molecule has 152 valence electrons. The molecule has 2 aromatic rings. The van der Waals surface area contributed by atoms with E-state index in [9.17, 15) is 9.59 Å². The van der Waals surface area contributed by atoms with Crippen molar-refractivity contribution in [2.24, 2.45) is 0 Å². The second kappa shape index (κ2) is 9.41. The zero-order valence-electron chi connectivity index (χ0n) is 16.9. The standard InChI is InChI=1S/C20H28N4O3S/c1-4-9-24-14(2)11-16(15(24)3)17(25)13-28-20-22-21-18(27-20)12-23-10-7-5-6-8-19(23)26/h11H,4-10,12-13H2,1-3H3. The van der Waals surface area contributed by atoms with Gasteiger partial charge < -0.3 is 13.9 Å². The number of likely N-dealkylation sites (tertiary alicyclic amines) is 1. The van der Waals surface area contributed by atoms with Gasteiger partial charge in [0.15, 0.2) is 5.78 Å². The van der Waals surface area contributed by atoms with Crippen molar-refractivity contribution in [3.8, 4) is 0 Å². The lowest BCUT2D eigenvalue weighted by molar-refractivity contribution is -0.131. The Morgan fingerprint density at radius 1 is 1.25 bits per heavy atom. The van der Waals surface area contributed by atoms with E-state index in [-0.39, 0.29) is 17.4 Å². The van der Waals surface area contributed by atoms with E-state index < -0.39 is 0 Å². The summed E-state index contributed by atoms with van der Waals surface area (Å²) in [6.07, 6.45) is 4.64. The molecule has 1 amide bonds. The van der Waals surface area contributed by atoms with E-state index in [1.807, 2.05) is 19.9 Å². The number of aromatic nitrogens is 3. The number of amides is 1. The molecule has 3 heterocycles. The Kier molecular flexibility index (Phi) is 6.93. The van der Waals surface area contributed by atoms with Gasteiger partial charge in [0.25, 0.3) is 5.22 Å². The smallest absolute Gasteiger partial charge is 0.277 e. The number of aryl methyl sites for hydroxylation is 1. The monoisotopic (exact) mass is 404 g/mol. The quantitative estimate of drug-likeness (QED) is 0.492. The highest BCUT2D eigenvalue weighted by molar-refractivity contribution is 7.99. The Morgan fingerprint density at radius 2 is 2.07 bits per heavy atom. The molecule has 0 unspecified atom stereocenters. The van der Waals surface area contributed by atoms with Gasteiger partial charge in [-0.1, -0.05) is 25.1 Å². The van der Waals surface area contributed by atoms with Crippen LogP contribution in [0.3, 0.4) is 0 Å². The Morgan fingerprint density at radius 3 is 2.86 bits per heavy atom. The van der Waals surface area contributed by atoms with Crippen LogP contribution in [0.25, 0.3) is 0 Å². The van der Waals surface area contributed by atoms with Gasteiger partial charge >= 0.3 is 0 Å². The zero-order chi connectivity index (χ0) is 20.1. The first-order valence-corrected chi connectivity index (χ1v) is 10.9. The van der Waals surface area contributed by atoms with Crippen LogP contribution < -0.4 is 0 Å². The molecular formula is C20H28N4O3S. The van der Waals surface area contributed by atoms with Crippen molar-refractivity contribution in [3.05, 3.63) is 28.9 Å². The molecule has 1 fully saturated rings. The molecule has 8 heteroatoms. The molecule has 3 rings (SSSR count). The number of hydrogen-bond donors (Lipinski definition) is 0. The van der Waals surface area contributed by atoms with Gasteiger partial charge in [-0.2, -0.15) is 0 Å². The molecular weight excluding hydrogens is 376 g/mol. The van der Waals surface area contributed by atoms with E-state index >= 15 is 0 Å². The van der Waals surface area contributed by atoms with Crippen molar-refractivity contribution in [1.82, 2.24) is 19.7 Å². The van der Waals surface area contributed by atoms with Gasteiger partial charge in [0.1, 0.15) is 0 Å². The maximum Gasteiger partial charge on any atom is 0.277 e. The van der Waals surface area contributed by atoms with E-state index in [0.29, 0.717) is 24.1 Å². The van der Waals surface area contributed by atoms with Crippen LogP contribution >= 0.6 is 11.8 Å². The van der Waals surface area contributed by atoms with E-state index in [1.54, 1.807) is 4.90 Å². The third-order valence-electron chi connectivity index (χ3n) is 5.09. The van der Waals surface area contributed by atoms with E-state index in [1.165, 1.54) is 11.8 Å². The molecule has 1 aliphatic heterocycles. The summed E-state index contributed by atoms with van der Waals surface area (Å²) in [4.78, 5) is 26.5. The first kappa shape index (κ1) is 20.6. The molecule has 0 saturated carbocycles. The SMILES string of the molecule is CCCn1c(C)cc(C(=O)CSc2nnc(CN3CCCCCC3=O)o2)c1C. The maximum atomic E-state index is 12.6. The molecule has 0 radical (unpaired) electrons. The van der Waals surface area contributed by atoms with E-state index in [0.717, 1.165) is 55.7 Å². The molecule has 2 aromatic heterocycles. The average molecular weight is 405 g/mol. The first-order valence-electron chi connectivity index (χ1n) is 9.92. The summed E-state index contributed by atoms with van der Waals surface area (Å²) >= 11 is 1.25. The second-order valence-electron chi connectivity index (χ2n) is 7.24. The molecule has 28 heavy (non-hydrogen) atoms. The van der Waals surface area contributed by atoms with E-state index in [2.05, 4.69) is 21.7 Å². The molecule has 1 saturated heterocycles. The number of nitrogens with zero attached hydrogens (tertiary/aromatic N) is 4. The normalized spacial score (nSPS) is 15.1. The summed E-state index contributed by atoms with van der Waals surface area (Å²) < 4.78 is 7.83. The molecule has 0 spiro atoms. The Balaban J connectivity index is 1.57. The van der Waals surface area contributed by atoms with Gasteiger partial charge in [0, 0.05) is 36.5 Å². The highest BCUT2D eigenvalue weighted by atomic mass is 32.2. The predicted octanol–water partition coefficient (Wildman–Crippen LogP) is 3.78. The molecule has 1 aliphatic rings. The van der Waals surface area contributed by atoms with Crippen LogP contribution in [-0.4, -0.2) is 43.7 Å². The van der Waals surface area contributed by atoms with Gasteiger partial charge in [-0.05, 0) is 39.2 Å². The van der Waals surface area contributed by atoms with Crippen LogP contribution in [0.4, 0.5) is 0 Å². The fraction of sp³-hybridized carbons (Fsp3) is 0.600. The number of Topliss-reactive ketones (excluding diaryl/α,β-unsaturated/α-hetero) is 1. The van der Waals surface area contributed by atoms with Crippen LogP contribution in [0.15, 0.2) is 15.7 Å². The number of hydrogen-bond acceptors (Lipinski definition) is 6. The number of rotatable bonds is 8. The number of carbonyl (C=O) groups excluding carboxylic acids is 2. The fourth-order valence-electron chi connectivity index (χ4n) is 3.59. The minimum absolute atomic E-state index is 0.0582. The van der Waals surface area contributed by atoms with Crippen LogP contribution in [0.1, 0.15) is 66.7 Å². The van der Waals surface area contributed by atoms with Crippen molar-refractivity contribution in [3.63, 3.8) is 0 Å². The summed E-state index contributed by atoms with van der Waals surface area (Å²) in [6, 6.07) is 1.96. The maximum absolute atomic E-state index is 12.6. The third kappa shape index (κ3) is 4.84. The Hall–Kier alpha value is -2.09. The lowest BCUT2D eigenvalue weighted by atomic mass is 10.2. The fourth-order valence-corrected chi connectivity index (χ4v) is 4.25. The zero-order valence-corrected chi connectivity index (χ0v) is 17.7. The van der Waals surface area contributed by atoms with Gasteiger partial charge in [0.2, 0.25) is 11.8 Å².